The Labute approximate surface area is 129 Å². The molecule has 2 saturated heterocycles. The van der Waals surface area contributed by atoms with E-state index in [-0.39, 0.29) is 0 Å². The lowest BCUT2D eigenvalue weighted by molar-refractivity contribution is 0.179. The molecule has 2 aliphatic heterocycles. The van der Waals surface area contributed by atoms with E-state index in [1.807, 2.05) is 0 Å². The molecule has 1 aromatic carbocycles. The molecule has 0 aliphatic carbocycles. The first-order chi connectivity index (χ1) is 10.4. The van der Waals surface area contributed by atoms with Gasteiger partial charge in [-0.2, -0.15) is 0 Å². The second-order valence-corrected chi connectivity index (χ2v) is 6.98. The number of piperidine rings is 1. The van der Waals surface area contributed by atoms with Crippen LogP contribution in [0.3, 0.4) is 0 Å². The normalized spacial score (nSPS) is 24.5. The Morgan fingerprint density at radius 3 is 2.52 bits per heavy atom. The maximum absolute atomic E-state index is 3.48. The summed E-state index contributed by atoms with van der Waals surface area (Å²) >= 11 is 0. The van der Waals surface area contributed by atoms with Crippen LogP contribution in [0.15, 0.2) is 30.3 Å². The summed E-state index contributed by atoms with van der Waals surface area (Å²) in [6.07, 6.45) is 8.29. The Balaban J connectivity index is 1.31. The van der Waals surface area contributed by atoms with E-state index in [1.165, 1.54) is 76.8 Å². The molecule has 3 rings (SSSR count). The predicted molar refractivity (Wildman–Crippen MR) is 89.5 cm³/mol. The van der Waals surface area contributed by atoms with Crippen LogP contribution in [-0.4, -0.2) is 37.6 Å². The molecule has 1 N–H and O–H groups in total. The van der Waals surface area contributed by atoms with Crippen molar-refractivity contribution < 1.29 is 0 Å². The van der Waals surface area contributed by atoms with Crippen molar-refractivity contribution in [1.29, 1.82) is 0 Å². The minimum atomic E-state index is 0.905. The van der Waals surface area contributed by atoms with Crippen LogP contribution in [0.25, 0.3) is 0 Å². The molecule has 2 aliphatic rings. The molecule has 2 fully saturated rings. The van der Waals surface area contributed by atoms with E-state index in [0.29, 0.717) is 0 Å². The van der Waals surface area contributed by atoms with Gasteiger partial charge in [-0.15, -0.1) is 0 Å². The van der Waals surface area contributed by atoms with E-state index in [2.05, 4.69) is 40.5 Å². The molecule has 1 aromatic rings. The van der Waals surface area contributed by atoms with E-state index in [0.717, 1.165) is 11.8 Å². The van der Waals surface area contributed by atoms with Gasteiger partial charge in [0.05, 0.1) is 0 Å². The second-order valence-electron chi connectivity index (χ2n) is 6.98. The van der Waals surface area contributed by atoms with Gasteiger partial charge in [0.1, 0.15) is 0 Å². The van der Waals surface area contributed by atoms with Crippen LogP contribution in [0, 0.1) is 11.8 Å². The highest BCUT2D eigenvalue weighted by Crippen LogP contribution is 2.22. The van der Waals surface area contributed by atoms with Crippen LogP contribution in [0.4, 0.5) is 0 Å². The first kappa shape index (κ1) is 15.1. The van der Waals surface area contributed by atoms with Crippen LogP contribution in [0.1, 0.15) is 37.7 Å². The fourth-order valence-corrected chi connectivity index (χ4v) is 3.93. The third-order valence-corrected chi connectivity index (χ3v) is 5.32. The molecule has 0 aromatic heterocycles. The quantitative estimate of drug-likeness (QED) is 0.863. The van der Waals surface area contributed by atoms with E-state index in [4.69, 9.17) is 0 Å². The van der Waals surface area contributed by atoms with Gasteiger partial charge in [-0.05, 0) is 88.6 Å². The van der Waals surface area contributed by atoms with Crippen molar-refractivity contribution in [2.24, 2.45) is 11.8 Å². The number of nitrogens with zero attached hydrogens (tertiary/aromatic N) is 1. The fourth-order valence-electron chi connectivity index (χ4n) is 3.93. The average Bonchev–Trinajstić information content (AvgIpc) is 3.03. The molecule has 1 unspecified atom stereocenters. The standard InChI is InChI=1S/C19H30N2/c1-2-5-17(6-3-1)15-18-9-13-21(14-10-18)12-4-7-19-8-11-20-16-19/h1-3,5-6,18-20H,4,7-16H2. The molecule has 1 atom stereocenters. The SMILES string of the molecule is c1ccc(CC2CCN(CCCC3CCNC3)CC2)cc1. The summed E-state index contributed by atoms with van der Waals surface area (Å²) in [4.78, 5) is 2.70. The molecule has 116 valence electrons. The van der Waals surface area contributed by atoms with Crippen molar-refractivity contribution in [3.8, 4) is 0 Å². The first-order valence-corrected chi connectivity index (χ1v) is 8.87. The van der Waals surface area contributed by atoms with Gasteiger partial charge in [-0.3, -0.25) is 0 Å². The largest absolute Gasteiger partial charge is 0.316 e. The Hall–Kier alpha value is -0.860. The fraction of sp³-hybridized carbons (Fsp3) is 0.684. The summed E-state index contributed by atoms with van der Waals surface area (Å²) < 4.78 is 0. The Morgan fingerprint density at radius 1 is 1.00 bits per heavy atom. The highest BCUT2D eigenvalue weighted by molar-refractivity contribution is 5.15. The molecular weight excluding hydrogens is 256 g/mol. The number of likely N-dealkylation sites (tertiary alicyclic amines) is 1. The molecule has 21 heavy (non-hydrogen) atoms. The maximum atomic E-state index is 3.48. The molecule has 2 heterocycles. The minimum Gasteiger partial charge on any atom is -0.316 e. The number of hydrogen-bond acceptors (Lipinski definition) is 2. The van der Waals surface area contributed by atoms with Crippen LogP contribution < -0.4 is 5.32 Å². The summed E-state index contributed by atoms with van der Waals surface area (Å²) in [6.45, 7) is 6.48. The Morgan fingerprint density at radius 2 is 1.81 bits per heavy atom. The Bertz CT molecular complexity index is 389. The van der Waals surface area contributed by atoms with Crippen molar-refractivity contribution in [2.75, 3.05) is 32.7 Å². The molecular formula is C19H30N2. The summed E-state index contributed by atoms with van der Waals surface area (Å²) in [7, 11) is 0. The van der Waals surface area contributed by atoms with Gasteiger partial charge in [0.15, 0.2) is 0 Å². The number of hydrogen-bond donors (Lipinski definition) is 1. The van der Waals surface area contributed by atoms with Crippen molar-refractivity contribution >= 4 is 0 Å². The summed E-state index contributed by atoms with van der Waals surface area (Å²) in [6, 6.07) is 11.0. The van der Waals surface area contributed by atoms with Crippen LogP contribution in [0.5, 0.6) is 0 Å². The van der Waals surface area contributed by atoms with Crippen molar-refractivity contribution in [1.82, 2.24) is 10.2 Å². The summed E-state index contributed by atoms with van der Waals surface area (Å²) in [5, 5.41) is 3.48. The zero-order chi connectivity index (χ0) is 14.3. The molecule has 0 bridgehead atoms. The monoisotopic (exact) mass is 286 g/mol. The molecule has 0 saturated carbocycles. The van der Waals surface area contributed by atoms with Gasteiger partial charge < -0.3 is 10.2 Å². The summed E-state index contributed by atoms with van der Waals surface area (Å²) in [5.74, 6) is 1.86. The molecule has 2 nitrogen and oxygen atoms in total. The third-order valence-electron chi connectivity index (χ3n) is 5.32. The zero-order valence-corrected chi connectivity index (χ0v) is 13.3. The van der Waals surface area contributed by atoms with Gasteiger partial charge in [0.2, 0.25) is 0 Å². The van der Waals surface area contributed by atoms with Crippen LogP contribution >= 0.6 is 0 Å². The van der Waals surface area contributed by atoms with Crippen LogP contribution in [-0.2, 0) is 6.42 Å². The van der Waals surface area contributed by atoms with Crippen molar-refractivity contribution in [3.63, 3.8) is 0 Å². The van der Waals surface area contributed by atoms with E-state index >= 15 is 0 Å². The molecule has 2 heteroatoms. The lowest BCUT2D eigenvalue weighted by Gasteiger charge is -2.32. The molecule has 0 spiro atoms. The first-order valence-electron chi connectivity index (χ1n) is 8.87. The third kappa shape index (κ3) is 4.82. The van der Waals surface area contributed by atoms with Gasteiger partial charge in [-0.25, -0.2) is 0 Å². The van der Waals surface area contributed by atoms with E-state index in [1.54, 1.807) is 0 Å². The van der Waals surface area contributed by atoms with Gasteiger partial charge in [-0.1, -0.05) is 30.3 Å². The van der Waals surface area contributed by atoms with Gasteiger partial charge >= 0.3 is 0 Å². The number of nitrogens with one attached hydrogen (secondary N) is 1. The minimum absolute atomic E-state index is 0.905. The number of benzene rings is 1. The number of rotatable bonds is 6. The van der Waals surface area contributed by atoms with Crippen molar-refractivity contribution in [3.05, 3.63) is 35.9 Å². The molecule has 0 amide bonds. The van der Waals surface area contributed by atoms with Crippen molar-refractivity contribution in [2.45, 2.75) is 38.5 Å². The topological polar surface area (TPSA) is 15.3 Å². The summed E-state index contributed by atoms with van der Waals surface area (Å²) in [5.41, 5.74) is 1.52. The predicted octanol–water partition coefficient (Wildman–Crippen LogP) is 3.33. The van der Waals surface area contributed by atoms with Crippen LogP contribution in [0.2, 0.25) is 0 Å². The lowest BCUT2D eigenvalue weighted by atomic mass is 9.90. The smallest absolute Gasteiger partial charge is 0.00160 e. The maximum Gasteiger partial charge on any atom is -0.00160 e. The molecule has 0 radical (unpaired) electrons. The Kier molecular flexibility index (Phi) is 5.70. The zero-order valence-electron chi connectivity index (χ0n) is 13.3. The van der Waals surface area contributed by atoms with Gasteiger partial charge in [0, 0.05) is 0 Å². The van der Waals surface area contributed by atoms with E-state index < -0.39 is 0 Å². The highest BCUT2D eigenvalue weighted by Gasteiger charge is 2.20. The lowest BCUT2D eigenvalue weighted by Crippen LogP contribution is -2.35. The second kappa shape index (κ2) is 7.95. The average molecular weight is 286 g/mol. The highest BCUT2D eigenvalue weighted by atomic mass is 15.1. The van der Waals surface area contributed by atoms with Gasteiger partial charge in [0.25, 0.3) is 0 Å². The van der Waals surface area contributed by atoms with E-state index in [9.17, 15) is 0 Å².